The second kappa shape index (κ2) is 6.58. The number of carbonyl (C=O) groups excluding carboxylic acids is 2. The van der Waals surface area contributed by atoms with Crippen molar-refractivity contribution < 1.29 is 14.3 Å². The van der Waals surface area contributed by atoms with Crippen LogP contribution in [0.5, 0.6) is 0 Å². The summed E-state index contributed by atoms with van der Waals surface area (Å²) in [6.07, 6.45) is 1.69. The fourth-order valence-electron chi connectivity index (χ4n) is 2.69. The van der Waals surface area contributed by atoms with Crippen LogP contribution in [0, 0.1) is 6.92 Å². The highest BCUT2D eigenvalue weighted by atomic mass is 16.5. The van der Waals surface area contributed by atoms with Gasteiger partial charge >= 0.3 is 5.97 Å². The molecule has 24 heavy (non-hydrogen) atoms. The molecule has 2 aromatic carbocycles. The third kappa shape index (κ3) is 3.01. The number of esters is 1. The van der Waals surface area contributed by atoms with Crippen LogP contribution in [-0.2, 0) is 9.53 Å². The number of hydrogen-bond donors (Lipinski definition) is 2. The first-order valence-corrected chi connectivity index (χ1v) is 7.61. The highest BCUT2D eigenvalue weighted by molar-refractivity contribution is 5.98. The quantitative estimate of drug-likeness (QED) is 0.725. The maximum Gasteiger partial charge on any atom is 0.333 e. The number of benzene rings is 2. The van der Waals surface area contributed by atoms with Gasteiger partial charge in [-0.3, -0.25) is 4.79 Å². The Bertz CT molecular complexity index is 898. The number of fused-ring (bicyclic) bond motifs is 1. The second-order valence-corrected chi connectivity index (χ2v) is 5.55. The summed E-state index contributed by atoms with van der Waals surface area (Å²) >= 11 is 0. The zero-order chi connectivity index (χ0) is 17.1. The maximum absolute atomic E-state index is 12.5. The number of aromatic amines is 1. The third-order valence-corrected chi connectivity index (χ3v) is 4.02. The van der Waals surface area contributed by atoms with Gasteiger partial charge in [-0.1, -0.05) is 36.4 Å². The molecule has 122 valence electrons. The molecular formula is C19H18N2O3. The summed E-state index contributed by atoms with van der Waals surface area (Å²) in [6.45, 7) is 1.80. The zero-order valence-corrected chi connectivity index (χ0v) is 13.5. The van der Waals surface area contributed by atoms with E-state index in [0.717, 1.165) is 16.5 Å². The Morgan fingerprint density at radius 2 is 1.83 bits per heavy atom. The lowest BCUT2D eigenvalue weighted by Crippen LogP contribution is -2.34. The van der Waals surface area contributed by atoms with Gasteiger partial charge in [0.2, 0.25) is 0 Å². The molecular weight excluding hydrogens is 304 g/mol. The van der Waals surface area contributed by atoms with Crippen molar-refractivity contribution in [2.24, 2.45) is 0 Å². The molecule has 1 unspecified atom stereocenters. The number of rotatable bonds is 4. The minimum atomic E-state index is -0.860. The smallest absolute Gasteiger partial charge is 0.333 e. The Morgan fingerprint density at radius 3 is 2.50 bits per heavy atom. The number of H-pyrrole nitrogens is 1. The van der Waals surface area contributed by atoms with E-state index < -0.39 is 12.0 Å². The first-order chi connectivity index (χ1) is 11.6. The molecule has 1 amide bonds. The number of aromatic nitrogens is 1. The second-order valence-electron chi connectivity index (χ2n) is 5.55. The van der Waals surface area contributed by atoms with Gasteiger partial charge in [-0.15, -0.1) is 0 Å². The molecule has 1 aromatic heterocycles. The van der Waals surface area contributed by atoms with Crippen molar-refractivity contribution in [1.82, 2.24) is 10.3 Å². The van der Waals surface area contributed by atoms with Gasteiger partial charge in [0, 0.05) is 11.9 Å². The molecule has 2 N–H and O–H groups in total. The van der Waals surface area contributed by atoms with E-state index in [1.165, 1.54) is 7.11 Å². The van der Waals surface area contributed by atoms with E-state index in [0.29, 0.717) is 11.1 Å². The molecule has 5 heteroatoms. The first kappa shape index (κ1) is 15.8. The number of aryl methyl sites for hydroxylation is 1. The number of nitrogens with one attached hydrogen (secondary N) is 2. The van der Waals surface area contributed by atoms with E-state index in [1.807, 2.05) is 42.5 Å². The van der Waals surface area contributed by atoms with Gasteiger partial charge in [0.05, 0.1) is 12.7 Å². The summed E-state index contributed by atoms with van der Waals surface area (Å²) < 4.78 is 4.87. The van der Waals surface area contributed by atoms with Gasteiger partial charge in [0.1, 0.15) is 0 Å². The highest BCUT2D eigenvalue weighted by Crippen LogP contribution is 2.22. The van der Waals surface area contributed by atoms with Crippen LogP contribution in [0.15, 0.2) is 54.7 Å². The fourth-order valence-corrected chi connectivity index (χ4v) is 2.69. The number of methoxy groups -OCH3 is 1. The zero-order valence-electron chi connectivity index (χ0n) is 13.5. The Balaban J connectivity index is 1.95. The minimum absolute atomic E-state index is 0.322. The van der Waals surface area contributed by atoms with Gasteiger partial charge < -0.3 is 15.0 Å². The van der Waals surface area contributed by atoms with Crippen molar-refractivity contribution in [2.45, 2.75) is 13.0 Å². The van der Waals surface area contributed by atoms with Crippen molar-refractivity contribution in [3.63, 3.8) is 0 Å². The van der Waals surface area contributed by atoms with Gasteiger partial charge in [-0.05, 0) is 35.4 Å². The number of hydrogen-bond acceptors (Lipinski definition) is 3. The van der Waals surface area contributed by atoms with Crippen LogP contribution in [-0.4, -0.2) is 24.0 Å². The van der Waals surface area contributed by atoms with E-state index in [-0.39, 0.29) is 5.91 Å². The number of carbonyl (C=O) groups is 2. The molecule has 5 nitrogen and oxygen atoms in total. The van der Waals surface area contributed by atoms with Crippen molar-refractivity contribution in [2.75, 3.05) is 7.11 Å². The molecule has 0 saturated heterocycles. The predicted octanol–water partition coefficient (Wildman–Crippen LogP) is 3.12. The van der Waals surface area contributed by atoms with Gasteiger partial charge in [-0.2, -0.15) is 0 Å². The van der Waals surface area contributed by atoms with Crippen LogP contribution in [0.3, 0.4) is 0 Å². The average molecular weight is 322 g/mol. The Kier molecular flexibility index (Phi) is 4.33. The molecule has 0 fully saturated rings. The van der Waals surface area contributed by atoms with E-state index in [9.17, 15) is 9.59 Å². The molecule has 0 saturated carbocycles. The van der Waals surface area contributed by atoms with Crippen molar-refractivity contribution in [1.29, 1.82) is 0 Å². The average Bonchev–Trinajstić information content (AvgIpc) is 3.04. The lowest BCUT2D eigenvalue weighted by molar-refractivity contribution is -0.143. The normalized spacial score (nSPS) is 11.9. The molecule has 0 bridgehead atoms. The highest BCUT2D eigenvalue weighted by Gasteiger charge is 2.25. The van der Waals surface area contributed by atoms with Crippen molar-refractivity contribution in [3.05, 3.63) is 71.5 Å². The molecule has 3 rings (SSSR count). The van der Waals surface area contributed by atoms with E-state index in [4.69, 9.17) is 4.74 Å². The molecule has 0 aliphatic rings. The van der Waals surface area contributed by atoms with Gasteiger partial charge in [0.15, 0.2) is 6.04 Å². The summed E-state index contributed by atoms with van der Waals surface area (Å²) in [4.78, 5) is 27.6. The van der Waals surface area contributed by atoms with Crippen LogP contribution in [0.2, 0.25) is 0 Å². The van der Waals surface area contributed by atoms with Crippen LogP contribution in [0.1, 0.15) is 27.7 Å². The van der Waals surface area contributed by atoms with Crippen LogP contribution >= 0.6 is 0 Å². The standard InChI is InChI=1S/C19H18N2O3/c1-12-16(9-10-20-12)18(22)21-17(19(23)24-2)15-8-7-13-5-3-4-6-14(13)11-15/h3-11,17,20H,1-2H3,(H,21,22). The summed E-state index contributed by atoms with van der Waals surface area (Å²) in [7, 11) is 1.31. The van der Waals surface area contributed by atoms with Crippen LogP contribution in [0.4, 0.5) is 0 Å². The maximum atomic E-state index is 12.5. The predicted molar refractivity (Wildman–Crippen MR) is 91.7 cm³/mol. The Hall–Kier alpha value is -3.08. The van der Waals surface area contributed by atoms with Crippen LogP contribution < -0.4 is 5.32 Å². The Labute approximate surface area is 139 Å². The molecule has 1 heterocycles. The monoisotopic (exact) mass is 322 g/mol. The minimum Gasteiger partial charge on any atom is -0.467 e. The molecule has 0 aliphatic heterocycles. The summed E-state index contributed by atoms with van der Waals surface area (Å²) in [5.74, 6) is -0.830. The number of ether oxygens (including phenoxy) is 1. The van der Waals surface area contributed by atoms with Crippen molar-refractivity contribution in [3.8, 4) is 0 Å². The molecule has 0 spiro atoms. The number of amides is 1. The van der Waals surface area contributed by atoms with E-state index in [1.54, 1.807) is 19.2 Å². The van der Waals surface area contributed by atoms with Crippen LogP contribution in [0.25, 0.3) is 10.8 Å². The lowest BCUT2D eigenvalue weighted by atomic mass is 10.0. The summed E-state index contributed by atoms with van der Waals surface area (Å²) in [6, 6.07) is 14.3. The lowest BCUT2D eigenvalue weighted by Gasteiger charge is -2.17. The summed E-state index contributed by atoms with van der Waals surface area (Å²) in [5.41, 5.74) is 1.93. The fraction of sp³-hybridized carbons (Fsp3) is 0.158. The SMILES string of the molecule is COC(=O)C(NC(=O)c1cc[nH]c1C)c1ccc2ccccc2c1. The van der Waals surface area contributed by atoms with E-state index >= 15 is 0 Å². The topological polar surface area (TPSA) is 71.2 Å². The third-order valence-electron chi connectivity index (χ3n) is 4.02. The molecule has 1 atom stereocenters. The summed E-state index contributed by atoms with van der Waals surface area (Å²) in [5, 5.41) is 4.82. The first-order valence-electron chi connectivity index (χ1n) is 7.61. The van der Waals surface area contributed by atoms with E-state index in [2.05, 4.69) is 10.3 Å². The molecule has 0 radical (unpaired) electrons. The largest absolute Gasteiger partial charge is 0.467 e. The van der Waals surface area contributed by atoms with Crippen molar-refractivity contribution >= 4 is 22.6 Å². The molecule has 3 aromatic rings. The molecule has 0 aliphatic carbocycles. The Morgan fingerprint density at radius 1 is 1.08 bits per heavy atom. The van der Waals surface area contributed by atoms with Gasteiger partial charge in [-0.25, -0.2) is 4.79 Å². The van der Waals surface area contributed by atoms with Gasteiger partial charge in [0.25, 0.3) is 5.91 Å².